The van der Waals surface area contributed by atoms with Crippen molar-refractivity contribution in [1.82, 2.24) is 0 Å². The number of halogens is 2. The molecule has 1 nitrogen and oxygen atoms in total. The smallest absolute Gasteiger partial charge is 0.0511 e. The van der Waals surface area contributed by atoms with Crippen molar-refractivity contribution in [2.45, 2.75) is 0 Å². The lowest BCUT2D eigenvalue weighted by Gasteiger charge is -2.19. The van der Waals surface area contributed by atoms with Crippen molar-refractivity contribution in [3.05, 3.63) is 39.8 Å². The second kappa shape index (κ2) is 4.82. The number of rotatable bonds is 3. The van der Waals surface area contributed by atoms with Crippen LogP contribution in [0.15, 0.2) is 39.8 Å². The number of para-hydroxylation sites is 1. The Labute approximate surface area is 95.7 Å². The molecule has 0 aromatic heterocycles. The summed E-state index contributed by atoms with van der Waals surface area (Å²) in [5.41, 5.74) is 1.17. The molecule has 0 saturated carbocycles. The second-order valence-corrected chi connectivity index (χ2v) is 4.80. The SMILES string of the molecule is C=C(Br)CN(C)c1ccccc1Br. The van der Waals surface area contributed by atoms with Crippen LogP contribution in [0.4, 0.5) is 5.69 Å². The Morgan fingerprint density at radius 3 is 2.62 bits per heavy atom. The van der Waals surface area contributed by atoms with E-state index < -0.39 is 0 Å². The summed E-state index contributed by atoms with van der Waals surface area (Å²) in [6, 6.07) is 8.13. The highest BCUT2D eigenvalue weighted by atomic mass is 79.9. The van der Waals surface area contributed by atoms with Crippen molar-refractivity contribution in [3.63, 3.8) is 0 Å². The van der Waals surface area contributed by atoms with Crippen molar-refractivity contribution in [2.75, 3.05) is 18.5 Å². The molecule has 1 aromatic rings. The summed E-state index contributed by atoms with van der Waals surface area (Å²) in [6.45, 7) is 4.62. The van der Waals surface area contributed by atoms with Crippen molar-refractivity contribution in [3.8, 4) is 0 Å². The molecule has 13 heavy (non-hydrogen) atoms. The summed E-state index contributed by atoms with van der Waals surface area (Å²) in [5, 5.41) is 0. The molecule has 0 atom stereocenters. The average Bonchev–Trinajstić information content (AvgIpc) is 2.03. The van der Waals surface area contributed by atoms with E-state index in [-0.39, 0.29) is 0 Å². The molecule has 0 saturated heterocycles. The van der Waals surface area contributed by atoms with Gasteiger partial charge in [-0.1, -0.05) is 34.6 Å². The van der Waals surface area contributed by atoms with Crippen LogP contribution in [0.2, 0.25) is 0 Å². The maximum atomic E-state index is 3.81. The predicted octanol–water partition coefficient (Wildman–Crippen LogP) is 3.79. The molecule has 0 amide bonds. The highest BCUT2D eigenvalue weighted by molar-refractivity contribution is 9.11. The van der Waals surface area contributed by atoms with Gasteiger partial charge in [-0.3, -0.25) is 0 Å². The van der Waals surface area contributed by atoms with Gasteiger partial charge < -0.3 is 4.90 Å². The van der Waals surface area contributed by atoms with Crippen molar-refractivity contribution in [2.24, 2.45) is 0 Å². The lowest BCUT2D eigenvalue weighted by molar-refractivity contribution is 1.02. The van der Waals surface area contributed by atoms with Crippen LogP contribution in [-0.2, 0) is 0 Å². The Kier molecular flexibility index (Phi) is 4.00. The molecule has 1 rings (SSSR count). The third-order valence-electron chi connectivity index (χ3n) is 1.67. The van der Waals surface area contributed by atoms with E-state index in [2.05, 4.69) is 49.4 Å². The number of hydrogen-bond donors (Lipinski definition) is 0. The van der Waals surface area contributed by atoms with Crippen LogP contribution in [0, 0.1) is 0 Å². The first kappa shape index (κ1) is 10.8. The van der Waals surface area contributed by atoms with E-state index in [0.717, 1.165) is 15.5 Å². The Bertz CT molecular complexity index is 310. The summed E-state index contributed by atoms with van der Waals surface area (Å²) < 4.78 is 2.08. The van der Waals surface area contributed by atoms with Gasteiger partial charge in [-0.2, -0.15) is 0 Å². The number of likely N-dealkylation sites (N-methyl/N-ethyl adjacent to an activating group) is 1. The van der Waals surface area contributed by atoms with Gasteiger partial charge in [0, 0.05) is 22.5 Å². The highest BCUT2D eigenvalue weighted by Crippen LogP contribution is 2.25. The molecule has 0 spiro atoms. The minimum Gasteiger partial charge on any atom is -0.369 e. The van der Waals surface area contributed by atoms with Crippen LogP contribution in [-0.4, -0.2) is 13.6 Å². The molecule has 70 valence electrons. The number of benzene rings is 1. The molecule has 0 heterocycles. The van der Waals surface area contributed by atoms with E-state index >= 15 is 0 Å². The summed E-state index contributed by atoms with van der Waals surface area (Å²) in [4.78, 5) is 2.13. The first-order valence-electron chi connectivity index (χ1n) is 3.90. The molecular formula is C10H11Br2N. The fourth-order valence-corrected chi connectivity index (χ4v) is 2.07. The molecule has 1 aromatic carbocycles. The van der Waals surface area contributed by atoms with E-state index in [4.69, 9.17) is 0 Å². The van der Waals surface area contributed by atoms with Gasteiger partial charge in [0.1, 0.15) is 0 Å². The van der Waals surface area contributed by atoms with Crippen LogP contribution >= 0.6 is 31.9 Å². The maximum Gasteiger partial charge on any atom is 0.0511 e. The summed E-state index contributed by atoms with van der Waals surface area (Å²) >= 11 is 6.85. The molecule has 0 aliphatic rings. The fourth-order valence-electron chi connectivity index (χ4n) is 1.10. The zero-order chi connectivity index (χ0) is 9.84. The van der Waals surface area contributed by atoms with Gasteiger partial charge >= 0.3 is 0 Å². The minimum atomic E-state index is 0.808. The predicted molar refractivity (Wildman–Crippen MR) is 65.5 cm³/mol. The van der Waals surface area contributed by atoms with E-state index in [1.807, 2.05) is 25.2 Å². The van der Waals surface area contributed by atoms with Crippen LogP contribution in [0.3, 0.4) is 0 Å². The zero-order valence-electron chi connectivity index (χ0n) is 7.43. The third-order valence-corrected chi connectivity index (χ3v) is 2.59. The topological polar surface area (TPSA) is 3.24 Å². The number of hydrogen-bond acceptors (Lipinski definition) is 1. The van der Waals surface area contributed by atoms with Gasteiger partial charge in [0.25, 0.3) is 0 Å². The Balaban J connectivity index is 2.82. The molecule has 0 fully saturated rings. The standard InChI is InChI=1S/C10H11Br2N/c1-8(11)7-13(2)10-6-4-3-5-9(10)12/h3-6H,1,7H2,2H3. The van der Waals surface area contributed by atoms with Crippen molar-refractivity contribution >= 4 is 37.5 Å². The first-order valence-corrected chi connectivity index (χ1v) is 5.49. The number of nitrogens with zero attached hydrogens (tertiary/aromatic N) is 1. The van der Waals surface area contributed by atoms with Gasteiger partial charge in [-0.15, -0.1) is 0 Å². The molecule has 3 heteroatoms. The molecular weight excluding hydrogens is 294 g/mol. The van der Waals surface area contributed by atoms with Crippen LogP contribution in [0.5, 0.6) is 0 Å². The Morgan fingerprint density at radius 1 is 1.46 bits per heavy atom. The van der Waals surface area contributed by atoms with Crippen LogP contribution in [0.25, 0.3) is 0 Å². The molecule has 0 aliphatic heterocycles. The molecule has 0 bridgehead atoms. The van der Waals surface area contributed by atoms with E-state index in [0.29, 0.717) is 0 Å². The number of anilines is 1. The summed E-state index contributed by atoms with van der Waals surface area (Å²) in [6.07, 6.45) is 0. The molecule has 0 N–H and O–H groups in total. The van der Waals surface area contributed by atoms with Gasteiger partial charge in [0.15, 0.2) is 0 Å². The monoisotopic (exact) mass is 303 g/mol. The zero-order valence-corrected chi connectivity index (χ0v) is 10.6. The van der Waals surface area contributed by atoms with Gasteiger partial charge in [-0.05, 0) is 28.1 Å². The van der Waals surface area contributed by atoms with E-state index in [1.165, 1.54) is 5.69 Å². The summed E-state index contributed by atoms with van der Waals surface area (Å²) in [5.74, 6) is 0. The average molecular weight is 305 g/mol. The lowest BCUT2D eigenvalue weighted by Crippen LogP contribution is -2.18. The van der Waals surface area contributed by atoms with Gasteiger partial charge in [0.2, 0.25) is 0 Å². The second-order valence-electron chi connectivity index (χ2n) is 2.82. The van der Waals surface area contributed by atoms with Crippen LogP contribution in [0.1, 0.15) is 0 Å². The van der Waals surface area contributed by atoms with Crippen molar-refractivity contribution < 1.29 is 0 Å². The quantitative estimate of drug-likeness (QED) is 0.821. The van der Waals surface area contributed by atoms with E-state index in [1.54, 1.807) is 0 Å². The normalized spacial score (nSPS) is 9.77. The Hall–Kier alpha value is -0.280. The first-order chi connectivity index (χ1) is 6.11. The lowest BCUT2D eigenvalue weighted by atomic mass is 10.3. The Morgan fingerprint density at radius 2 is 2.08 bits per heavy atom. The van der Waals surface area contributed by atoms with E-state index in [9.17, 15) is 0 Å². The largest absolute Gasteiger partial charge is 0.369 e. The van der Waals surface area contributed by atoms with Crippen LogP contribution < -0.4 is 4.90 Å². The van der Waals surface area contributed by atoms with Crippen molar-refractivity contribution in [1.29, 1.82) is 0 Å². The fraction of sp³-hybridized carbons (Fsp3) is 0.200. The van der Waals surface area contributed by atoms with Gasteiger partial charge in [-0.25, -0.2) is 0 Å². The highest BCUT2D eigenvalue weighted by Gasteiger charge is 2.04. The van der Waals surface area contributed by atoms with Gasteiger partial charge in [0.05, 0.1) is 5.69 Å². The third kappa shape index (κ3) is 3.16. The molecule has 0 aliphatic carbocycles. The minimum absolute atomic E-state index is 0.808. The summed E-state index contributed by atoms with van der Waals surface area (Å²) in [7, 11) is 2.03. The molecule has 0 unspecified atom stereocenters. The molecule has 0 radical (unpaired) electrons. The maximum absolute atomic E-state index is 3.81.